The molecule has 0 N–H and O–H groups in total. The van der Waals surface area contributed by atoms with Crippen LogP contribution in [0.5, 0.6) is 0 Å². The monoisotopic (exact) mass is 273 g/mol. The number of carbonyl (C=O) groups is 1. The molecule has 3 rings (SSSR count). The summed E-state index contributed by atoms with van der Waals surface area (Å²) in [5, 5.41) is 4.25. The smallest absolute Gasteiger partial charge is 0.237 e. The average Bonchev–Trinajstić information content (AvgIpc) is 2.81. The van der Waals surface area contributed by atoms with Crippen LogP contribution in [0.4, 0.5) is 0 Å². The van der Waals surface area contributed by atoms with Gasteiger partial charge in [-0.2, -0.15) is 0 Å². The molecule has 108 valence electrons. The number of rotatable bonds is 3. The third-order valence-electron chi connectivity index (χ3n) is 4.35. The summed E-state index contributed by atoms with van der Waals surface area (Å²) in [6.07, 6.45) is 1.72. The van der Waals surface area contributed by atoms with Crippen molar-refractivity contribution in [2.45, 2.75) is 32.4 Å². The first-order valence-corrected chi connectivity index (χ1v) is 7.57. The second kappa shape index (κ2) is 5.94. The summed E-state index contributed by atoms with van der Waals surface area (Å²) in [5.74, 6) is 0.300. The van der Waals surface area contributed by atoms with Crippen LogP contribution < -0.4 is 0 Å². The molecule has 0 aliphatic carbocycles. The molecule has 2 aliphatic heterocycles. The molecule has 2 aliphatic rings. The van der Waals surface area contributed by atoms with Gasteiger partial charge in [-0.25, -0.2) is 5.01 Å². The number of amides is 1. The molecule has 2 fully saturated rings. The fourth-order valence-electron chi connectivity index (χ4n) is 3.20. The van der Waals surface area contributed by atoms with Crippen molar-refractivity contribution in [3.63, 3.8) is 0 Å². The fraction of sp³-hybridized carbons (Fsp3) is 0.562. The highest BCUT2D eigenvalue weighted by Gasteiger charge is 2.33. The summed E-state index contributed by atoms with van der Waals surface area (Å²) in [7, 11) is 0. The van der Waals surface area contributed by atoms with Crippen molar-refractivity contribution < 1.29 is 4.79 Å². The Kier molecular flexibility index (Phi) is 4.03. The Morgan fingerprint density at radius 2 is 1.80 bits per heavy atom. The summed E-state index contributed by atoms with van der Waals surface area (Å²) in [6, 6.07) is 11.0. The zero-order valence-corrected chi connectivity index (χ0v) is 12.2. The van der Waals surface area contributed by atoms with Crippen LogP contribution in [0.1, 0.15) is 25.3 Å². The van der Waals surface area contributed by atoms with E-state index in [0.717, 1.165) is 39.1 Å². The maximum absolute atomic E-state index is 11.9. The SMILES string of the molecule is CC1CCC(=O)N1N1CCN(Cc2ccccc2)CC1. The molecule has 1 unspecified atom stereocenters. The van der Waals surface area contributed by atoms with E-state index in [0.29, 0.717) is 18.4 Å². The molecule has 1 aromatic carbocycles. The largest absolute Gasteiger partial charge is 0.296 e. The van der Waals surface area contributed by atoms with Crippen molar-refractivity contribution in [3.8, 4) is 0 Å². The highest BCUT2D eigenvalue weighted by molar-refractivity contribution is 5.78. The van der Waals surface area contributed by atoms with Gasteiger partial charge in [0.05, 0.1) is 0 Å². The lowest BCUT2D eigenvalue weighted by Crippen LogP contribution is -2.55. The normalized spacial score (nSPS) is 25.4. The van der Waals surface area contributed by atoms with Gasteiger partial charge < -0.3 is 0 Å². The molecule has 20 heavy (non-hydrogen) atoms. The topological polar surface area (TPSA) is 26.8 Å². The molecule has 0 spiro atoms. The molecule has 4 nitrogen and oxygen atoms in total. The van der Waals surface area contributed by atoms with E-state index in [1.54, 1.807) is 0 Å². The van der Waals surface area contributed by atoms with Crippen LogP contribution in [0.2, 0.25) is 0 Å². The summed E-state index contributed by atoms with van der Waals surface area (Å²) in [4.78, 5) is 14.4. The molecule has 1 atom stereocenters. The first-order valence-electron chi connectivity index (χ1n) is 7.57. The molecule has 0 radical (unpaired) electrons. The van der Waals surface area contributed by atoms with E-state index in [1.807, 2.05) is 5.01 Å². The molecule has 4 heteroatoms. The van der Waals surface area contributed by atoms with Gasteiger partial charge in [0.1, 0.15) is 0 Å². The highest BCUT2D eigenvalue weighted by Crippen LogP contribution is 2.21. The number of hydrogen-bond donors (Lipinski definition) is 0. The summed E-state index contributed by atoms with van der Waals surface area (Å²) in [5.41, 5.74) is 1.37. The predicted molar refractivity (Wildman–Crippen MR) is 78.8 cm³/mol. The molecule has 1 aromatic rings. The van der Waals surface area contributed by atoms with E-state index in [9.17, 15) is 4.79 Å². The van der Waals surface area contributed by atoms with Crippen LogP contribution in [0.3, 0.4) is 0 Å². The predicted octanol–water partition coefficient (Wildman–Crippen LogP) is 1.73. The quantitative estimate of drug-likeness (QED) is 0.839. The first-order chi connectivity index (χ1) is 9.74. The minimum Gasteiger partial charge on any atom is -0.296 e. The summed E-state index contributed by atoms with van der Waals surface area (Å²) in [6.45, 7) is 7.15. The Bertz CT molecular complexity index is 454. The zero-order chi connectivity index (χ0) is 13.9. The second-order valence-electron chi connectivity index (χ2n) is 5.84. The van der Waals surface area contributed by atoms with Gasteiger partial charge in [0.15, 0.2) is 0 Å². The number of carbonyl (C=O) groups excluding carboxylic acids is 1. The van der Waals surface area contributed by atoms with Crippen molar-refractivity contribution >= 4 is 5.91 Å². The average molecular weight is 273 g/mol. The van der Waals surface area contributed by atoms with E-state index in [2.05, 4.69) is 47.2 Å². The van der Waals surface area contributed by atoms with Crippen molar-refractivity contribution in [2.75, 3.05) is 26.2 Å². The summed E-state index contributed by atoms with van der Waals surface area (Å²) < 4.78 is 0. The Hall–Kier alpha value is -1.39. The van der Waals surface area contributed by atoms with E-state index in [-0.39, 0.29) is 0 Å². The van der Waals surface area contributed by atoms with E-state index in [4.69, 9.17) is 0 Å². The summed E-state index contributed by atoms with van der Waals surface area (Å²) >= 11 is 0. The number of piperazine rings is 1. The third-order valence-corrected chi connectivity index (χ3v) is 4.35. The van der Waals surface area contributed by atoms with E-state index >= 15 is 0 Å². The van der Waals surface area contributed by atoms with Crippen LogP contribution in [-0.4, -0.2) is 53.0 Å². The standard InChI is InChI=1S/C16H23N3O/c1-14-7-8-16(20)19(14)18-11-9-17(10-12-18)13-15-5-3-2-4-6-15/h2-6,14H,7-13H2,1H3. The van der Waals surface area contributed by atoms with E-state index in [1.165, 1.54) is 5.56 Å². The van der Waals surface area contributed by atoms with Gasteiger partial charge in [-0.05, 0) is 18.9 Å². The van der Waals surface area contributed by atoms with Crippen molar-refractivity contribution in [1.29, 1.82) is 0 Å². The maximum atomic E-state index is 11.9. The second-order valence-corrected chi connectivity index (χ2v) is 5.84. The van der Waals surface area contributed by atoms with Crippen molar-refractivity contribution in [3.05, 3.63) is 35.9 Å². The first kappa shape index (κ1) is 13.6. The van der Waals surface area contributed by atoms with E-state index < -0.39 is 0 Å². The lowest BCUT2D eigenvalue weighted by molar-refractivity contribution is -0.150. The van der Waals surface area contributed by atoms with Gasteiger partial charge in [0.25, 0.3) is 0 Å². The van der Waals surface area contributed by atoms with Gasteiger partial charge in [0.2, 0.25) is 5.91 Å². The van der Waals surface area contributed by atoms with Crippen LogP contribution >= 0.6 is 0 Å². The minimum atomic E-state index is 0.300. The Morgan fingerprint density at radius 1 is 1.10 bits per heavy atom. The van der Waals surface area contributed by atoms with Crippen molar-refractivity contribution in [2.24, 2.45) is 0 Å². The number of nitrogens with zero attached hydrogens (tertiary/aromatic N) is 3. The van der Waals surface area contributed by atoms with Gasteiger partial charge in [-0.3, -0.25) is 14.7 Å². The van der Waals surface area contributed by atoms with Crippen LogP contribution in [-0.2, 0) is 11.3 Å². The van der Waals surface area contributed by atoms with Gasteiger partial charge in [-0.15, -0.1) is 0 Å². The molecule has 0 bridgehead atoms. The number of benzene rings is 1. The minimum absolute atomic E-state index is 0.300. The highest BCUT2D eigenvalue weighted by atomic mass is 16.2. The lowest BCUT2D eigenvalue weighted by Gasteiger charge is -2.41. The maximum Gasteiger partial charge on any atom is 0.237 e. The van der Waals surface area contributed by atoms with Gasteiger partial charge >= 0.3 is 0 Å². The fourth-order valence-corrected chi connectivity index (χ4v) is 3.20. The lowest BCUT2D eigenvalue weighted by atomic mass is 10.2. The van der Waals surface area contributed by atoms with Crippen molar-refractivity contribution in [1.82, 2.24) is 14.9 Å². The molecule has 0 aromatic heterocycles. The van der Waals surface area contributed by atoms with Crippen LogP contribution in [0, 0.1) is 0 Å². The Balaban J connectivity index is 1.53. The number of hydrogen-bond acceptors (Lipinski definition) is 3. The van der Waals surface area contributed by atoms with Gasteiger partial charge in [0, 0.05) is 45.2 Å². The molecule has 0 saturated carbocycles. The molecule has 2 saturated heterocycles. The third kappa shape index (κ3) is 2.86. The zero-order valence-electron chi connectivity index (χ0n) is 12.2. The molecular weight excluding hydrogens is 250 g/mol. The van der Waals surface area contributed by atoms with Crippen LogP contribution in [0.25, 0.3) is 0 Å². The molecule has 1 amide bonds. The van der Waals surface area contributed by atoms with Gasteiger partial charge in [-0.1, -0.05) is 30.3 Å². The molecular formula is C16H23N3O. The Morgan fingerprint density at radius 3 is 2.40 bits per heavy atom. The Labute approximate surface area is 120 Å². The molecule has 2 heterocycles. The van der Waals surface area contributed by atoms with Crippen LogP contribution in [0.15, 0.2) is 30.3 Å². The number of hydrazine groups is 1.